The van der Waals surface area contributed by atoms with E-state index < -0.39 is 12.2 Å². The number of anilines is 1. The second-order valence-electron chi connectivity index (χ2n) is 8.43. The number of nitriles is 2. The van der Waals surface area contributed by atoms with E-state index >= 15 is 0 Å². The zero-order valence-electron chi connectivity index (χ0n) is 19.6. The number of aromatic nitrogens is 4. The summed E-state index contributed by atoms with van der Waals surface area (Å²) in [6, 6.07) is 8.70. The van der Waals surface area contributed by atoms with Crippen LogP contribution in [-0.4, -0.2) is 44.9 Å². The second-order valence-corrected chi connectivity index (χ2v) is 8.43. The first-order valence-corrected chi connectivity index (χ1v) is 11.2. The zero-order valence-corrected chi connectivity index (χ0v) is 19.6. The third kappa shape index (κ3) is 4.70. The minimum absolute atomic E-state index is 0.0502. The van der Waals surface area contributed by atoms with Gasteiger partial charge in [-0.2, -0.15) is 19.3 Å². The maximum Gasteiger partial charge on any atom is 0.407 e. The van der Waals surface area contributed by atoms with Gasteiger partial charge in [-0.1, -0.05) is 5.16 Å². The number of halogens is 2. The van der Waals surface area contributed by atoms with Crippen molar-refractivity contribution in [3.63, 3.8) is 0 Å². The molecule has 0 aromatic carbocycles. The van der Waals surface area contributed by atoms with Crippen molar-refractivity contribution >= 4 is 22.4 Å². The van der Waals surface area contributed by atoms with Crippen LogP contribution in [0.5, 0.6) is 0 Å². The Morgan fingerprint density at radius 3 is 2.58 bits per heavy atom. The molecule has 0 aliphatic heterocycles. The molecule has 184 valence electrons. The first kappa shape index (κ1) is 24.7. The summed E-state index contributed by atoms with van der Waals surface area (Å²) in [5, 5.41) is 22.8. The minimum Gasteiger partial charge on any atom is -0.369 e. The lowest BCUT2D eigenvalue weighted by Gasteiger charge is -2.36. The molecule has 3 heterocycles. The van der Waals surface area contributed by atoms with Gasteiger partial charge in [-0.3, -0.25) is 4.79 Å². The molecule has 0 atom stereocenters. The van der Waals surface area contributed by atoms with E-state index in [1.807, 2.05) is 17.0 Å². The summed E-state index contributed by atoms with van der Waals surface area (Å²) in [6.07, 6.45) is 5.25. The first-order chi connectivity index (χ1) is 17.3. The average molecular weight is 492 g/mol. The third-order valence-corrected chi connectivity index (χ3v) is 6.50. The van der Waals surface area contributed by atoms with Crippen LogP contribution in [-0.2, 0) is 11.9 Å². The van der Waals surface area contributed by atoms with Crippen molar-refractivity contribution in [2.24, 2.45) is 18.1 Å². The number of rotatable bonds is 6. The van der Waals surface area contributed by atoms with Gasteiger partial charge in [0, 0.05) is 32.3 Å². The first-order valence-electron chi connectivity index (χ1n) is 11.2. The normalized spacial score (nSPS) is 18.0. The molecule has 12 heteroatoms. The van der Waals surface area contributed by atoms with Gasteiger partial charge in [-0.05, 0) is 43.9 Å². The van der Waals surface area contributed by atoms with Crippen LogP contribution in [0.2, 0.25) is 0 Å². The molecular weight excluding hydrogens is 470 g/mol. The highest BCUT2D eigenvalue weighted by Crippen LogP contribution is 2.35. The van der Waals surface area contributed by atoms with Gasteiger partial charge in [-0.25, -0.2) is 15.0 Å². The van der Waals surface area contributed by atoms with E-state index in [1.165, 1.54) is 23.2 Å². The van der Waals surface area contributed by atoms with Crippen LogP contribution in [0, 0.1) is 28.6 Å². The summed E-state index contributed by atoms with van der Waals surface area (Å²) in [4.78, 5) is 31.5. The molecule has 3 aromatic rings. The number of aryl methyl sites for hydroxylation is 1. The number of oxime groups is 1. The summed E-state index contributed by atoms with van der Waals surface area (Å²) in [7, 11) is 3.35. The van der Waals surface area contributed by atoms with Crippen LogP contribution in [0.1, 0.15) is 42.6 Å². The van der Waals surface area contributed by atoms with E-state index in [0.29, 0.717) is 53.8 Å². The maximum atomic E-state index is 12.9. The number of pyridine rings is 2. The molecular formula is C24H22F2N8O2. The van der Waals surface area contributed by atoms with Crippen LogP contribution in [0.15, 0.2) is 40.7 Å². The van der Waals surface area contributed by atoms with Crippen LogP contribution in [0.25, 0.3) is 11.0 Å². The fourth-order valence-electron chi connectivity index (χ4n) is 4.69. The number of alkyl halides is 2. The quantitative estimate of drug-likeness (QED) is 0.379. The van der Waals surface area contributed by atoms with Gasteiger partial charge < -0.3 is 14.3 Å². The van der Waals surface area contributed by atoms with E-state index in [2.05, 4.69) is 24.9 Å². The summed E-state index contributed by atoms with van der Waals surface area (Å²) in [5.74, 6) is -0.178. The molecule has 1 aliphatic carbocycles. The summed E-state index contributed by atoms with van der Waals surface area (Å²) >= 11 is 0. The summed E-state index contributed by atoms with van der Waals surface area (Å²) in [6.45, 7) is -3.05. The fraction of sp³-hybridized carbons (Fsp3) is 0.375. The monoisotopic (exact) mass is 492 g/mol. The predicted octanol–water partition coefficient (Wildman–Crippen LogP) is 3.11. The Labute approximate surface area is 205 Å². The van der Waals surface area contributed by atoms with Crippen molar-refractivity contribution in [1.82, 2.24) is 19.5 Å². The maximum absolute atomic E-state index is 12.9. The molecule has 0 saturated heterocycles. The van der Waals surface area contributed by atoms with Gasteiger partial charge in [0.2, 0.25) is 0 Å². The molecule has 1 aliphatic rings. The van der Waals surface area contributed by atoms with E-state index in [9.17, 15) is 24.1 Å². The number of hydrogen-bond acceptors (Lipinski definition) is 9. The van der Waals surface area contributed by atoms with Crippen LogP contribution < -0.4 is 10.5 Å². The molecule has 0 amide bonds. The summed E-state index contributed by atoms with van der Waals surface area (Å²) in [5.41, 5.74) is 1.70. The van der Waals surface area contributed by atoms with E-state index in [0.717, 1.165) is 0 Å². The Kier molecular flexibility index (Phi) is 7.15. The van der Waals surface area contributed by atoms with Crippen molar-refractivity contribution in [2.75, 3.05) is 11.9 Å². The topological polar surface area (TPSA) is 133 Å². The highest BCUT2D eigenvalue weighted by molar-refractivity contribution is 6.00. The van der Waals surface area contributed by atoms with Crippen molar-refractivity contribution in [3.05, 3.63) is 58.0 Å². The van der Waals surface area contributed by atoms with E-state index in [-0.39, 0.29) is 23.2 Å². The SMILES string of the molecule is CN(c1c(C#N)c(=O)n(C)c2ccc(C#N)nc12)C1CCC(/C(=N\OC(F)F)c2ccncn2)CC1. The highest BCUT2D eigenvalue weighted by atomic mass is 19.3. The lowest BCUT2D eigenvalue weighted by atomic mass is 9.81. The predicted molar refractivity (Wildman–Crippen MR) is 126 cm³/mol. The number of fused-ring (bicyclic) bond motifs is 1. The summed E-state index contributed by atoms with van der Waals surface area (Å²) < 4.78 is 26.7. The van der Waals surface area contributed by atoms with Crippen molar-refractivity contribution in [1.29, 1.82) is 10.5 Å². The van der Waals surface area contributed by atoms with Crippen LogP contribution in [0.4, 0.5) is 14.5 Å². The average Bonchev–Trinajstić information content (AvgIpc) is 2.90. The highest BCUT2D eigenvalue weighted by Gasteiger charge is 2.31. The smallest absolute Gasteiger partial charge is 0.369 e. The molecule has 10 nitrogen and oxygen atoms in total. The minimum atomic E-state index is -3.05. The standard InChI is InChI=1S/C24H22F2N8O2/c1-33(22-17(12-28)23(35)34(2)19-8-5-15(11-27)31-21(19)22)16-6-3-14(4-7-16)20(32-36-24(25)26)18-9-10-29-13-30-18/h5,8-10,13-14,16,24H,3-4,6-7H2,1-2H3/b32-20+. The van der Waals surface area contributed by atoms with E-state index in [4.69, 9.17) is 0 Å². The molecule has 0 radical (unpaired) electrons. The molecule has 4 rings (SSSR count). The molecule has 1 fully saturated rings. The van der Waals surface area contributed by atoms with Gasteiger partial charge in [0.05, 0.1) is 16.9 Å². The van der Waals surface area contributed by atoms with Crippen molar-refractivity contribution in [3.8, 4) is 12.1 Å². The third-order valence-electron chi connectivity index (χ3n) is 6.50. The van der Waals surface area contributed by atoms with Gasteiger partial charge in [0.1, 0.15) is 41.0 Å². The fourth-order valence-corrected chi connectivity index (χ4v) is 4.69. The lowest BCUT2D eigenvalue weighted by molar-refractivity contribution is -0.128. The molecule has 0 bridgehead atoms. The number of hydrogen-bond donors (Lipinski definition) is 0. The molecule has 0 N–H and O–H groups in total. The Morgan fingerprint density at radius 1 is 1.22 bits per heavy atom. The molecule has 0 spiro atoms. The van der Waals surface area contributed by atoms with E-state index in [1.54, 1.807) is 26.2 Å². The zero-order chi connectivity index (χ0) is 25.8. The van der Waals surface area contributed by atoms with Gasteiger partial charge in [0.25, 0.3) is 5.56 Å². The van der Waals surface area contributed by atoms with Gasteiger partial charge in [0.15, 0.2) is 0 Å². The lowest BCUT2D eigenvalue weighted by Crippen LogP contribution is -2.39. The van der Waals surface area contributed by atoms with Gasteiger partial charge >= 0.3 is 6.61 Å². The molecule has 0 unspecified atom stereocenters. The Bertz CT molecular complexity index is 1430. The number of nitrogens with zero attached hydrogens (tertiary/aromatic N) is 8. The Morgan fingerprint density at radius 2 is 1.97 bits per heavy atom. The van der Waals surface area contributed by atoms with Crippen LogP contribution >= 0.6 is 0 Å². The molecule has 1 saturated carbocycles. The Hall–Kier alpha value is -4.45. The largest absolute Gasteiger partial charge is 0.407 e. The molecule has 36 heavy (non-hydrogen) atoms. The van der Waals surface area contributed by atoms with Crippen LogP contribution in [0.3, 0.4) is 0 Å². The molecule has 3 aromatic heterocycles. The van der Waals surface area contributed by atoms with Gasteiger partial charge in [-0.15, -0.1) is 0 Å². The Balaban J connectivity index is 1.65. The second kappa shape index (κ2) is 10.4. The van der Waals surface area contributed by atoms with Crippen molar-refractivity contribution in [2.45, 2.75) is 38.3 Å². The van der Waals surface area contributed by atoms with Crippen molar-refractivity contribution < 1.29 is 13.6 Å².